The van der Waals surface area contributed by atoms with Gasteiger partial charge in [0, 0.05) is 24.3 Å². The van der Waals surface area contributed by atoms with E-state index in [1.807, 2.05) is 7.05 Å². The number of hydrogen-bond donors (Lipinski definition) is 1. The molecule has 100 valence electrons. The van der Waals surface area contributed by atoms with Crippen molar-refractivity contribution in [2.24, 2.45) is 5.92 Å². The topological polar surface area (TPSA) is 21.3 Å². The summed E-state index contributed by atoms with van der Waals surface area (Å²) in [6.45, 7) is 1.73. The van der Waals surface area contributed by atoms with Gasteiger partial charge in [0.1, 0.15) is 5.82 Å². The molecule has 1 aliphatic heterocycles. The molecule has 1 aliphatic rings. The van der Waals surface area contributed by atoms with Gasteiger partial charge in [-0.15, -0.1) is 0 Å². The number of hydrogen-bond acceptors (Lipinski definition) is 2. The highest BCUT2D eigenvalue weighted by Crippen LogP contribution is 2.23. The van der Waals surface area contributed by atoms with Gasteiger partial charge in [0.15, 0.2) is 0 Å². The lowest BCUT2D eigenvalue weighted by molar-refractivity contribution is 0.181. The standard InChI is InChI=1S/C14H19ClFNO/c1-17-13(6-10-4-5-18-9-10)7-11-2-3-12(16)8-14(11)15/h2-3,8,10,13,17H,4-7,9H2,1H3. The molecule has 0 radical (unpaired) electrons. The van der Waals surface area contributed by atoms with Crippen molar-refractivity contribution >= 4 is 11.6 Å². The highest BCUT2D eigenvalue weighted by molar-refractivity contribution is 6.31. The molecule has 4 heteroatoms. The maximum Gasteiger partial charge on any atom is 0.124 e. The van der Waals surface area contributed by atoms with E-state index in [0.717, 1.165) is 38.0 Å². The molecule has 0 spiro atoms. The quantitative estimate of drug-likeness (QED) is 0.889. The van der Waals surface area contributed by atoms with Crippen LogP contribution >= 0.6 is 11.6 Å². The Morgan fingerprint density at radius 1 is 1.56 bits per heavy atom. The van der Waals surface area contributed by atoms with E-state index in [1.54, 1.807) is 6.07 Å². The van der Waals surface area contributed by atoms with Crippen LogP contribution in [0.1, 0.15) is 18.4 Å². The Bertz CT molecular complexity index is 393. The van der Waals surface area contributed by atoms with Crippen LogP contribution in [-0.2, 0) is 11.2 Å². The fraction of sp³-hybridized carbons (Fsp3) is 0.571. The van der Waals surface area contributed by atoms with E-state index in [4.69, 9.17) is 16.3 Å². The summed E-state index contributed by atoms with van der Waals surface area (Å²) < 4.78 is 18.4. The summed E-state index contributed by atoms with van der Waals surface area (Å²) >= 11 is 6.05. The van der Waals surface area contributed by atoms with E-state index >= 15 is 0 Å². The molecule has 1 saturated heterocycles. The van der Waals surface area contributed by atoms with E-state index in [2.05, 4.69) is 5.32 Å². The molecule has 2 unspecified atom stereocenters. The average molecular weight is 272 g/mol. The summed E-state index contributed by atoms with van der Waals surface area (Å²) in [7, 11) is 1.96. The highest BCUT2D eigenvalue weighted by atomic mass is 35.5. The minimum atomic E-state index is -0.283. The second-order valence-corrected chi connectivity index (χ2v) is 5.30. The van der Waals surface area contributed by atoms with Crippen LogP contribution in [0.2, 0.25) is 5.02 Å². The number of likely N-dealkylation sites (N-methyl/N-ethyl adjacent to an activating group) is 1. The van der Waals surface area contributed by atoms with E-state index < -0.39 is 0 Å². The van der Waals surface area contributed by atoms with E-state index in [9.17, 15) is 4.39 Å². The highest BCUT2D eigenvalue weighted by Gasteiger charge is 2.20. The fourth-order valence-corrected chi connectivity index (χ4v) is 2.67. The third-order valence-electron chi connectivity index (χ3n) is 3.53. The molecule has 1 N–H and O–H groups in total. The normalized spacial score (nSPS) is 21.2. The fourth-order valence-electron chi connectivity index (χ4n) is 2.43. The van der Waals surface area contributed by atoms with Crippen LogP contribution in [0, 0.1) is 11.7 Å². The van der Waals surface area contributed by atoms with Crippen LogP contribution < -0.4 is 5.32 Å². The van der Waals surface area contributed by atoms with Crippen LogP contribution in [0.4, 0.5) is 4.39 Å². The van der Waals surface area contributed by atoms with Gasteiger partial charge < -0.3 is 10.1 Å². The molecule has 0 aromatic heterocycles. The van der Waals surface area contributed by atoms with Crippen molar-refractivity contribution in [3.05, 3.63) is 34.6 Å². The molecule has 0 aliphatic carbocycles. The second-order valence-electron chi connectivity index (χ2n) is 4.89. The lowest BCUT2D eigenvalue weighted by Crippen LogP contribution is -2.30. The molecular weight excluding hydrogens is 253 g/mol. The summed E-state index contributed by atoms with van der Waals surface area (Å²) in [5, 5.41) is 3.82. The van der Waals surface area contributed by atoms with Crippen LogP contribution in [0.15, 0.2) is 18.2 Å². The lowest BCUT2D eigenvalue weighted by Gasteiger charge is -2.20. The first-order valence-electron chi connectivity index (χ1n) is 6.38. The predicted octanol–water partition coefficient (Wildman–Crippen LogP) is 3.04. The maximum absolute atomic E-state index is 13.0. The van der Waals surface area contributed by atoms with Crippen molar-refractivity contribution in [1.82, 2.24) is 5.32 Å². The molecule has 1 aromatic carbocycles. The Balaban J connectivity index is 1.96. The van der Waals surface area contributed by atoms with Crippen molar-refractivity contribution in [3.63, 3.8) is 0 Å². The largest absolute Gasteiger partial charge is 0.381 e. The average Bonchev–Trinajstić information content (AvgIpc) is 2.84. The first-order valence-corrected chi connectivity index (χ1v) is 6.75. The Morgan fingerprint density at radius 3 is 3.00 bits per heavy atom. The van der Waals surface area contributed by atoms with Gasteiger partial charge in [-0.3, -0.25) is 0 Å². The monoisotopic (exact) mass is 271 g/mol. The first kappa shape index (κ1) is 13.8. The van der Waals surface area contributed by atoms with Gasteiger partial charge in [-0.1, -0.05) is 17.7 Å². The van der Waals surface area contributed by atoms with Gasteiger partial charge in [-0.2, -0.15) is 0 Å². The first-order chi connectivity index (χ1) is 8.69. The molecule has 2 nitrogen and oxygen atoms in total. The Kier molecular flexibility index (Phi) is 4.98. The molecular formula is C14H19ClFNO. The third kappa shape index (κ3) is 3.67. The lowest BCUT2D eigenvalue weighted by atomic mass is 9.94. The van der Waals surface area contributed by atoms with Crippen LogP contribution in [-0.4, -0.2) is 26.3 Å². The Hall–Kier alpha value is -0.640. The van der Waals surface area contributed by atoms with Crippen molar-refractivity contribution in [2.45, 2.75) is 25.3 Å². The molecule has 1 fully saturated rings. The van der Waals surface area contributed by atoms with Crippen LogP contribution in [0.25, 0.3) is 0 Å². The van der Waals surface area contributed by atoms with Crippen molar-refractivity contribution < 1.29 is 9.13 Å². The summed E-state index contributed by atoms with van der Waals surface area (Å²) in [5.41, 5.74) is 0.997. The van der Waals surface area contributed by atoms with Crippen LogP contribution in [0.5, 0.6) is 0 Å². The summed E-state index contributed by atoms with van der Waals surface area (Å²) in [4.78, 5) is 0. The van der Waals surface area contributed by atoms with Gasteiger partial charge in [0.2, 0.25) is 0 Å². The van der Waals surface area contributed by atoms with Crippen molar-refractivity contribution in [2.75, 3.05) is 20.3 Å². The zero-order valence-corrected chi connectivity index (χ0v) is 11.3. The smallest absolute Gasteiger partial charge is 0.124 e. The molecule has 18 heavy (non-hydrogen) atoms. The number of halogens is 2. The summed E-state index contributed by atoms with van der Waals surface area (Å²) in [6, 6.07) is 4.97. The summed E-state index contributed by atoms with van der Waals surface area (Å²) in [5.74, 6) is 0.343. The number of benzene rings is 1. The maximum atomic E-state index is 13.0. The van der Waals surface area contributed by atoms with Gasteiger partial charge in [0.25, 0.3) is 0 Å². The van der Waals surface area contributed by atoms with Crippen LogP contribution in [0.3, 0.4) is 0 Å². The predicted molar refractivity (Wildman–Crippen MR) is 71.5 cm³/mol. The van der Waals surface area contributed by atoms with E-state index in [-0.39, 0.29) is 5.82 Å². The zero-order chi connectivity index (χ0) is 13.0. The molecule has 2 rings (SSSR count). The minimum absolute atomic E-state index is 0.283. The Labute approximate surface area is 112 Å². The number of rotatable bonds is 5. The SMILES string of the molecule is CNC(Cc1ccc(F)cc1Cl)CC1CCOC1. The third-order valence-corrected chi connectivity index (χ3v) is 3.88. The summed E-state index contributed by atoms with van der Waals surface area (Å²) in [6.07, 6.45) is 3.03. The van der Waals surface area contributed by atoms with Gasteiger partial charge in [-0.05, 0) is 49.9 Å². The zero-order valence-electron chi connectivity index (χ0n) is 10.6. The van der Waals surface area contributed by atoms with E-state index in [1.165, 1.54) is 12.1 Å². The van der Waals surface area contributed by atoms with Gasteiger partial charge in [-0.25, -0.2) is 4.39 Å². The second kappa shape index (κ2) is 6.50. The molecule has 0 amide bonds. The molecule has 2 atom stereocenters. The van der Waals surface area contributed by atoms with E-state index in [0.29, 0.717) is 17.0 Å². The number of nitrogens with one attached hydrogen (secondary N) is 1. The number of ether oxygens (including phenoxy) is 1. The van der Waals surface area contributed by atoms with Gasteiger partial charge >= 0.3 is 0 Å². The molecule has 1 aromatic rings. The van der Waals surface area contributed by atoms with Crippen molar-refractivity contribution in [3.8, 4) is 0 Å². The van der Waals surface area contributed by atoms with Gasteiger partial charge in [0.05, 0.1) is 0 Å². The Morgan fingerprint density at radius 2 is 2.39 bits per heavy atom. The molecule has 1 heterocycles. The van der Waals surface area contributed by atoms with Crippen molar-refractivity contribution in [1.29, 1.82) is 0 Å². The molecule has 0 saturated carbocycles. The molecule has 0 bridgehead atoms. The minimum Gasteiger partial charge on any atom is -0.381 e.